The summed E-state index contributed by atoms with van der Waals surface area (Å²) in [5.41, 5.74) is 1.86. The Hall–Kier alpha value is -1.90. The summed E-state index contributed by atoms with van der Waals surface area (Å²) in [4.78, 5) is 32.6. The molecule has 0 spiro atoms. The van der Waals surface area contributed by atoms with Crippen LogP contribution in [0.25, 0.3) is 0 Å². The van der Waals surface area contributed by atoms with Crippen LogP contribution in [0.1, 0.15) is 24.4 Å². The molecule has 0 bridgehead atoms. The van der Waals surface area contributed by atoms with Crippen LogP contribution in [0.15, 0.2) is 29.2 Å². The fourth-order valence-corrected chi connectivity index (χ4v) is 4.62. The van der Waals surface area contributed by atoms with Gasteiger partial charge < -0.3 is 15.5 Å². The number of aromatic nitrogens is 1. The minimum Gasteiger partial charge on any atom is -0.326 e. The van der Waals surface area contributed by atoms with Crippen molar-refractivity contribution in [3.05, 3.63) is 34.8 Å². The van der Waals surface area contributed by atoms with Crippen molar-refractivity contribution in [3.8, 4) is 0 Å². The number of benzene rings is 1. The molecule has 0 saturated heterocycles. The van der Waals surface area contributed by atoms with Crippen LogP contribution in [0.3, 0.4) is 0 Å². The number of nitrogens with one attached hydrogen (secondary N) is 2. The predicted octanol–water partition coefficient (Wildman–Crippen LogP) is 3.21. The van der Waals surface area contributed by atoms with Crippen molar-refractivity contribution in [3.63, 3.8) is 0 Å². The number of carbonyl (C=O) groups excluding carboxylic acids is 2. The van der Waals surface area contributed by atoms with Gasteiger partial charge in [0.2, 0.25) is 11.8 Å². The lowest BCUT2D eigenvalue weighted by Gasteiger charge is -2.20. The van der Waals surface area contributed by atoms with E-state index in [1.165, 1.54) is 23.6 Å². The fraction of sp³-hybridized carbons (Fsp3) is 0.389. The van der Waals surface area contributed by atoms with Crippen LogP contribution in [0, 0.1) is 0 Å². The average Bonchev–Trinajstić information content (AvgIpc) is 2.97. The van der Waals surface area contributed by atoms with Crippen molar-refractivity contribution in [1.29, 1.82) is 0 Å². The van der Waals surface area contributed by atoms with E-state index in [-0.39, 0.29) is 17.1 Å². The monoisotopic (exact) mass is 390 g/mol. The number of rotatable bonds is 5. The summed E-state index contributed by atoms with van der Waals surface area (Å²) in [6, 6.07) is 7.47. The van der Waals surface area contributed by atoms with Crippen LogP contribution in [0.5, 0.6) is 0 Å². The molecule has 26 heavy (non-hydrogen) atoms. The van der Waals surface area contributed by atoms with Gasteiger partial charge in [-0.1, -0.05) is 0 Å². The predicted molar refractivity (Wildman–Crippen MR) is 107 cm³/mol. The normalized spacial score (nSPS) is 15.2. The van der Waals surface area contributed by atoms with Crippen LogP contribution in [-0.2, 0) is 22.6 Å². The Balaban J connectivity index is 1.57. The maximum absolute atomic E-state index is 12.5. The van der Waals surface area contributed by atoms with Gasteiger partial charge in [-0.3, -0.25) is 9.59 Å². The van der Waals surface area contributed by atoms with E-state index in [0.29, 0.717) is 5.13 Å². The van der Waals surface area contributed by atoms with E-state index < -0.39 is 0 Å². The van der Waals surface area contributed by atoms with Crippen LogP contribution in [-0.4, -0.2) is 40.5 Å². The van der Waals surface area contributed by atoms with Crippen molar-refractivity contribution in [2.45, 2.75) is 37.0 Å². The van der Waals surface area contributed by atoms with Gasteiger partial charge in [-0.05, 0) is 38.2 Å². The average molecular weight is 391 g/mol. The number of hydrogen-bond donors (Lipinski definition) is 2. The summed E-state index contributed by atoms with van der Waals surface area (Å²) < 4.78 is 0. The smallest absolute Gasteiger partial charge is 0.239 e. The number of carbonyl (C=O) groups is 2. The first kappa shape index (κ1) is 18.9. The number of amides is 2. The molecule has 6 nitrogen and oxygen atoms in total. The van der Waals surface area contributed by atoms with Gasteiger partial charge >= 0.3 is 0 Å². The zero-order valence-electron chi connectivity index (χ0n) is 15.0. The summed E-state index contributed by atoms with van der Waals surface area (Å²) in [5, 5.41) is 6.11. The van der Waals surface area contributed by atoms with E-state index in [1.807, 2.05) is 31.2 Å². The van der Waals surface area contributed by atoms with Crippen LogP contribution in [0.2, 0.25) is 0 Å². The summed E-state index contributed by atoms with van der Waals surface area (Å²) >= 11 is 3.04. The summed E-state index contributed by atoms with van der Waals surface area (Å²) in [6.45, 7) is 5.26. The zero-order valence-corrected chi connectivity index (χ0v) is 16.7. The first-order valence-corrected chi connectivity index (χ1v) is 10.1. The third-order valence-corrected chi connectivity index (χ3v) is 6.12. The third kappa shape index (κ3) is 4.84. The van der Waals surface area contributed by atoms with Gasteiger partial charge in [-0.2, -0.15) is 0 Å². The van der Waals surface area contributed by atoms with E-state index in [9.17, 15) is 9.59 Å². The molecule has 2 heterocycles. The molecule has 138 valence electrons. The largest absolute Gasteiger partial charge is 0.326 e. The number of thioether (sulfide) groups is 1. The fourth-order valence-electron chi connectivity index (χ4n) is 2.66. The summed E-state index contributed by atoms with van der Waals surface area (Å²) in [5.74, 6) is -0.157. The molecule has 2 N–H and O–H groups in total. The minimum atomic E-state index is -0.245. The van der Waals surface area contributed by atoms with Gasteiger partial charge in [-0.25, -0.2) is 4.98 Å². The first-order valence-electron chi connectivity index (χ1n) is 8.43. The van der Waals surface area contributed by atoms with E-state index in [4.69, 9.17) is 0 Å². The van der Waals surface area contributed by atoms with Crippen LogP contribution < -0.4 is 10.6 Å². The molecule has 0 radical (unpaired) electrons. The molecule has 0 aliphatic carbocycles. The van der Waals surface area contributed by atoms with E-state index in [1.54, 1.807) is 11.3 Å². The molecular formula is C18H22N4O2S2. The van der Waals surface area contributed by atoms with Gasteiger partial charge in [-0.15, -0.1) is 23.1 Å². The Labute approximate surface area is 161 Å². The molecule has 3 rings (SSSR count). The summed E-state index contributed by atoms with van der Waals surface area (Å²) in [6.07, 6.45) is 0.934. The van der Waals surface area contributed by atoms with Crippen molar-refractivity contribution >= 4 is 45.7 Å². The summed E-state index contributed by atoms with van der Waals surface area (Å²) in [7, 11) is 2.09. The number of anilines is 2. The SMILES string of the molecule is CC(=O)Nc1ccc(SC(C)C(=O)Nc2nc3c(s2)CN(C)CC3)cc1. The van der Waals surface area contributed by atoms with Gasteiger partial charge in [0.25, 0.3) is 0 Å². The maximum Gasteiger partial charge on any atom is 0.239 e. The highest BCUT2D eigenvalue weighted by atomic mass is 32.2. The number of hydrogen-bond acceptors (Lipinski definition) is 6. The topological polar surface area (TPSA) is 74.3 Å². The number of thiazole rings is 1. The standard InChI is InChI=1S/C18H22N4O2S2/c1-11(25-14-6-4-13(5-7-14)19-12(2)23)17(24)21-18-20-15-8-9-22(3)10-16(15)26-18/h4-7,11H,8-10H2,1-3H3,(H,19,23)(H,20,21,24). The van der Waals surface area contributed by atoms with Crippen molar-refractivity contribution in [1.82, 2.24) is 9.88 Å². The third-order valence-electron chi connectivity index (χ3n) is 4.01. The van der Waals surface area contributed by atoms with Crippen molar-refractivity contribution in [2.24, 2.45) is 0 Å². The highest BCUT2D eigenvalue weighted by molar-refractivity contribution is 8.00. The Kier molecular flexibility index (Phi) is 5.95. The van der Waals surface area contributed by atoms with Gasteiger partial charge in [0.1, 0.15) is 0 Å². The molecular weight excluding hydrogens is 368 g/mol. The quantitative estimate of drug-likeness (QED) is 0.767. The second kappa shape index (κ2) is 8.20. The second-order valence-electron chi connectivity index (χ2n) is 6.33. The molecule has 1 aromatic carbocycles. The molecule has 0 saturated carbocycles. The molecule has 2 aromatic rings. The Morgan fingerprint density at radius 1 is 1.27 bits per heavy atom. The zero-order chi connectivity index (χ0) is 18.7. The lowest BCUT2D eigenvalue weighted by Crippen LogP contribution is -2.25. The second-order valence-corrected chi connectivity index (χ2v) is 8.83. The Morgan fingerprint density at radius 3 is 2.69 bits per heavy atom. The highest BCUT2D eigenvalue weighted by Crippen LogP contribution is 2.29. The van der Waals surface area contributed by atoms with Crippen LogP contribution in [0.4, 0.5) is 10.8 Å². The molecule has 8 heteroatoms. The van der Waals surface area contributed by atoms with Gasteiger partial charge in [0.15, 0.2) is 5.13 Å². The lowest BCUT2D eigenvalue weighted by molar-refractivity contribution is -0.115. The number of likely N-dealkylation sites (N-methyl/N-ethyl adjacent to an activating group) is 1. The van der Waals surface area contributed by atoms with E-state index in [0.717, 1.165) is 35.8 Å². The maximum atomic E-state index is 12.5. The lowest BCUT2D eigenvalue weighted by atomic mass is 10.2. The molecule has 1 aliphatic rings. The number of nitrogens with zero attached hydrogens (tertiary/aromatic N) is 2. The van der Waals surface area contributed by atoms with Crippen molar-refractivity contribution < 1.29 is 9.59 Å². The Bertz CT molecular complexity index is 804. The molecule has 1 aromatic heterocycles. The Morgan fingerprint density at radius 2 is 2.00 bits per heavy atom. The van der Waals surface area contributed by atoms with Crippen LogP contribution >= 0.6 is 23.1 Å². The molecule has 1 unspecified atom stereocenters. The highest BCUT2D eigenvalue weighted by Gasteiger charge is 2.21. The van der Waals surface area contributed by atoms with E-state index in [2.05, 4.69) is 27.6 Å². The first-order chi connectivity index (χ1) is 12.4. The molecule has 0 fully saturated rings. The number of fused-ring (bicyclic) bond motifs is 1. The van der Waals surface area contributed by atoms with Gasteiger partial charge in [0, 0.05) is 41.9 Å². The molecule has 2 amide bonds. The molecule has 1 atom stereocenters. The molecule has 1 aliphatic heterocycles. The van der Waals surface area contributed by atoms with Gasteiger partial charge in [0.05, 0.1) is 10.9 Å². The minimum absolute atomic E-state index is 0.0552. The van der Waals surface area contributed by atoms with E-state index >= 15 is 0 Å². The van der Waals surface area contributed by atoms with Crippen molar-refractivity contribution in [2.75, 3.05) is 24.2 Å².